The molecule has 0 aliphatic rings. The van der Waals surface area contributed by atoms with Gasteiger partial charge in [-0.05, 0) is 61.1 Å². The molecule has 0 unspecified atom stereocenters. The summed E-state index contributed by atoms with van der Waals surface area (Å²) in [7, 11) is 0. The van der Waals surface area contributed by atoms with E-state index in [0.29, 0.717) is 36.5 Å². The number of hydrogen-bond donors (Lipinski definition) is 2. The van der Waals surface area contributed by atoms with Crippen LogP contribution in [-0.2, 0) is 19.4 Å². The number of aryl methyl sites for hydroxylation is 2. The number of aliphatic hydroxyl groups is 1. The predicted octanol–water partition coefficient (Wildman–Crippen LogP) is 5.63. The van der Waals surface area contributed by atoms with E-state index in [1.165, 1.54) is 0 Å². The number of H-pyrrole nitrogens is 1. The van der Waals surface area contributed by atoms with E-state index < -0.39 is 11.4 Å². The SMILES string of the molecule is CCCc1nc(CC)c(-c2ccc(OC(C)(C)CO)cc2)c(=O)n1Cc1ccc(-c2ccccc2-c2noc(=O)[nH]2)cc1. The van der Waals surface area contributed by atoms with Crippen LogP contribution >= 0.6 is 0 Å². The molecule has 0 saturated carbocycles. The van der Waals surface area contributed by atoms with Crippen molar-refractivity contribution in [1.82, 2.24) is 19.7 Å². The lowest BCUT2D eigenvalue weighted by Crippen LogP contribution is -2.32. The molecule has 0 bridgehead atoms. The maximum Gasteiger partial charge on any atom is 0.439 e. The summed E-state index contributed by atoms with van der Waals surface area (Å²) in [6.07, 6.45) is 2.18. The van der Waals surface area contributed by atoms with E-state index in [9.17, 15) is 14.7 Å². The van der Waals surface area contributed by atoms with Crippen molar-refractivity contribution in [2.45, 2.75) is 59.1 Å². The van der Waals surface area contributed by atoms with E-state index in [1.54, 1.807) is 4.57 Å². The molecule has 0 fully saturated rings. The van der Waals surface area contributed by atoms with Gasteiger partial charge in [-0.3, -0.25) is 18.9 Å². The molecule has 0 aliphatic carbocycles. The van der Waals surface area contributed by atoms with Gasteiger partial charge in [0, 0.05) is 12.0 Å². The van der Waals surface area contributed by atoms with Gasteiger partial charge in [0.2, 0.25) is 0 Å². The normalized spacial score (nSPS) is 11.6. The molecule has 222 valence electrons. The van der Waals surface area contributed by atoms with E-state index in [2.05, 4.69) is 17.1 Å². The third-order valence-corrected chi connectivity index (χ3v) is 7.28. The molecule has 0 aliphatic heterocycles. The molecule has 2 N–H and O–H groups in total. The quantitative estimate of drug-likeness (QED) is 0.207. The van der Waals surface area contributed by atoms with Gasteiger partial charge in [-0.25, -0.2) is 9.78 Å². The summed E-state index contributed by atoms with van der Waals surface area (Å²) in [5.41, 5.74) is 4.89. The summed E-state index contributed by atoms with van der Waals surface area (Å²) >= 11 is 0. The van der Waals surface area contributed by atoms with Crippen molar-refractivity contribution < 1.29 is 14.4 Å². The van der Waals surface area contributed by atoms with E-state index >= 15 is 0 Å². The Kier molecular flexibility index (Phi) is 8.73. The zero-order valence-electron chi connectivity index (χ0n) is 24.9. The smallest absolute Gasteiger partial charge is 0.439 e. The number of nitrogens with zero attached hydrogens (tertiary/aromatic N) is 3. The summed E-state index contributed by atoms with van der Waals surface area (Å²) in [6.45, 7) is 7.99. The second kappa shape index (κ2) is 12.6. The van der Waals surface area contributed by atoms with Crippen molar-refractivity contribution in [1.29, 1.82) is 0 Å². The van der Waals surface area contributed by atoms with Gasteiger partial charge >= 0.3 is 5.76 Å². The molecule has 9 heteroatoms. The van der Waals surface area contributed by atoms with E-state index in [1.807, 2.05) is 93.6 Å². The molecule has 43 heavy (non-hydrogen) atoms. The molecule has 5 rings (SSSR count). The molecule has 3 aromatic carbocycles. The minimum Gasteiger partial charge on any atom is -0.485 e. The Labute approximate surface area is 249 Å². The summed E-state index contributed by atoms with van der Waals surface area (Å²) in [6, 6.07) is 23.0. The van der Waals surface area contributed by atoms with Crippen LogP contribution in [0.3, 0.4) is 0 Å². The highest BCUT2D eigenvalue weighted by molar-refractivity contribution is 5.80. The third kappa shape index (κ3) is 6.52. The molecule has 0 atom stereocenters. The Morgan fingerprint density at radius 2 is 1.60 bits per heavy atom. The Morgan fingerprint density at radius 3 is 2.21 bits per heavy atom. The third-order valence-electron chi connectivity index (χ3n) is 7.28. The maximum atomic E-state index is 14.1. The van der Waals surface area contributed by atoms with Gasteiger partial charge in [-0.1, -0.05) is 79.7 Å². The Morgan fingerprint density at radius 1 is 0.930 bits per heavy atom. The highest BCUT2D eigenvalue weighted by Gasteiger charge is 2.20. The average Bonchev–Trinajstić information content (AvgIpc) is 3.45. The van der Waals surface area contributed by atoms with Crippen molar-refractivity contribution in [2.75, 3.05) is 6.61 Å². The lowest BCUT2D eigenvalue weighted by atomic mass is 9.98. The molecule has 5 aromatic rings. The number of aromatic nitrogens is 4. The first-order valence-electron chi connectivity index (χ1n) is 14.5. The van der Waals surface area contributed by atoms with Crippen LogP contribution in [0.25, 0.3) is 33.6 Å². The number of aromatic amines is 1. The van der Waals surface area contributed by atoms with Crippen LogP contribution in [-0.4, -0.2) is 37.0 Å². The average molecular weight is 581 g/mol. The van der Waals surface area contributed by atoms with Gasteiger partial charge in [0.05, 0.1) is 24.4 Å². The van der Waals surface area contributed by atoms with Crippen molar-refractivity contribution in [3.63, 3.8) is 0 Å². The Balaban J connectivity index is 1.49. The van der Waals surface area contributed by atoms with Crippen molar-refractivity contribution in [3.05, 3.63) is 111 Å². The second-order valence-corrected chi connectivity index (χ2v) is 11.1. The lowest BCUT2D eigenvalue weighted by molar-refractivity contribution is 0.0413. The van der Waals surface area contributed by atoms with Gasteiger partial charge in [-0.2, -0.15) is 0 Å². The fourth-order valence-electron chi connectivity index (χ4n) is 5.07. The van der Waals surface area contributed by atoms with Crippen LogP contribution in [0.1, 0.15) is 51.2 Å². The largest absolute Gasteiger partial charge is 0.485 e. The minimum atomic E-state index is -0.710. The number of ether oxygens (including phenoxy) is 1. The standard InChI is InChI=1S/C34H36N4O5/c1-5-9-29-35-28(6-2)30(24-16-18-25(19-17-24)42-34(3,4)21-39)32(40)38(29)20-22-12-14-23(15-13-22)26-10-7-8-11-27(26)31-36-33(41)43-37-31/h7-8,10-19,39H,5-6,9,20-21H2,1-4H3,(H,36,37,41). The predicted molar refractivity (Wildman–Crippen MR) is 166 cm³/mol. The summed E-state index contributed by atoms with van der Waals surface area (Å²) < 4.78 is 12.4. The number of benzene rings is 3. The number of hydrogen-bond acceptors (Lipinski definition) is 7. The van der Waals surface area contributed by atoms with E-state index in [-0.39, 0.29) is 12.2 Å². The highest BCUT2D eigenvalue weighted by Crippen LogP contribution is 2.30. The molecular formula is C34H36N4O5. The molecular weight excluding hydrogens is 544 g/mol. The molecule has 2 aromatic heterocycles. The van der Waals surface area contributed by atoms with Crippen LogP contribution < -0.4 is 16.1 Å². The number of nitrogens with one attached hydrogen (secondary N) is 1. The van der Waals surface area contributed by atoms with Gasteiger partial charge in [0.1, 0.15) is 17.2 Å². The maximum absolute atomic E-state index is 14.1. The molecule has 2 heterocycles. The fourth-order valence-corrected chi connectivity index (χ4v) is 5.07. The summed E-state index contributed by atoms with van der Waals surface area (Å²) in [5.74, 6) is 1.15. The van der Waals surface area contributed by atoms with Gasteiger partial charge in [0.15, 0.2) is 5.82 Å². The molecule has 0 saturated heterocycles. The molecule has 9 nitrogen and oxygen atoms in total. The highest BCUT2D eigenvalue weighted by atomic mass is 16.5. The Hall–Kier alpha value is -4.76. The van der Waals surface area contributed by atoms with Crippen LogP contribution in [0, 0.1) is 0 Å². The molecule has 0 spiro atoms. The van der Waals surface area contributed by atoms with Crippen LogP contribution in [0.4, 0.5) is 0 Å². The summed E-state index contributed by atoms with van der Waals surface area (Å²) in [4.78, 5) is 33.2. The van der Waals surface area contributed by atoms with Crippen LogP contribution in [0.5, 0.6) is 5.75 Å². The Bertz CT molecular complexity index is 1820. The van der Waals surface area contributed by atoms with Crippen molar-refractivity contribution >= 4 is 0 Å². The monoisotopic (exact) mass is 580 g/mol. The lowest BCUT2D eigenvalue weighted by Gasteiger charge is -2.24. The fraction of sp³-hybridized carbons (Fsp3) is 0.294. The van der Waals surface area contributed by atoms with Crippen molar-refractivity contribution in [3.8, 4) is 39.4 Å². The molecule has 0 radical (unpaired) electrons. The zero-order valence-corrected chi connectivity index (χ0v) is 24.9. The van der Waals surface area contributed by atoms with Gasteiger partial charge < -0.3 is 9.84 Å². The summed E-state index contributed by atoms with van der Waals surface area (Å²) in [5, 5.41) is 13.4. The van der Waals surface area contributed by atoms with Gasteiger partial charge in [0.25, 0.3) is 5.56 Å². The minimum absolute atomic E-state index is 0.0796. The van der Waals surface area contributed by atoms with Crippen LogP contribution in [0.15, 0.2) is 86.9 Å². The number of aliphatic hydroxyl groups excluding tert-OH is 1. The topological polar surface area (TPSA) is 123 Å². The van der Waals surface area contributed by atoms with E-state index in [4.69, 9.17) is 14.2 Å². The van der Waals surface area contributed by atoms with Crippen molar-refractivity contribution in [2.24, 2.45) is 0 Å². The van der Waals surface area contributed by atoms with E-state index in [0.717, 1.165) is 45.8 Å². The number of rotatable bonds is 11. The first-order valence-corrected chi connectivity index (χ1v) is 14.5. The first-order chi connectivity index (χ1) is 20.7. The van der Waals surface area contributed by atoms with Crippen LogP contribution in [0.2, 0.25) is 0 Å². The molecule has 0 amide bonds. The second-order valence-electron chi connectivity index (χ2n) is 11.1. The zero-order chi connectivity index (χ0) is 30.6. The van der Waals surface area contributed by atoms with Gasteiger partial charge in [-0.15, -0.1) is 0 Å². The first kappa shape index (κ1) is 29.7.